The third kappa shape index (κ3) is 2.08. The third-order valence-corrected chi connectivity index (χ3v) is 17.9. The zero-order valence-corrected chi connectivity index (χ0v) is 18.4. The first-order chi connectivity index (χ1) is 12.5. The van der Waals surface area contributed by atoms with Crippen LogP contribution in [0.15, 0.2) is 83.7 Å². The minimum Gasteiger partial charge on any atom is -0.0913 e. The largest absolute Gasteiger partial charge is 0.0913 e. The SMILES string of the molecule is CC1=CP(=S)(c2ccccc2)C2C1C1C=C(C)C2P1(=S)c1ccccc1. The highest BCUT2D eigenvalue weighted by molar-refractivity contribution is 8.22. The second kappa shape index (κ2) is 5.86. The molecule has 0 aromatic heterocycles. The fourth-order valence-corrected chi connectivity index (χ4v) is 19.0. The smallest absolute Gasteiger partial charge is 0.0218 e. The van der Waals surface area contributed by atoms with Gasteiger partial charge in [-0.15, -0.1) is 0 Å². The van der Waals surface area contributed by atoms with E-state index in [2.05, 4.69) is 86.4 Å². The first-order valence-electron chi connectivity index (χ1n) is 9.15. The van der Waals surface area contributed by atoms with E-state index in [0.717, 1.165) is 0 Å². The van der Waals surface area contributed by atoms with Crippen molar-refractivity contribution >= 4 is 46.3 Å². The lowest BCUT2D eigenvalue weighted by Gasteiger charge is -2.33. The van der Waals surface area contributed by atoms with Crippen molar-refractivity contribution in [2.45, 2.75) is 30.8 Å². The summed E-state index contributed by atoms with van der Waals surface area (Å²) in [5, 5.41) is 2.78. The lowest BCUT2D eigenvalue weighted by molar-refractivity contribution is 0.617. The fourth-order valence-electron chi connectivity index (χ4n) is 5.57. The summed E-state index contributed by atoms with van der Waals surface area (Å²) in [6.45, 7) is 4.62. The van der Waals surface area contributed by atoms with E-state index in [0.29, 0.717) is 22.9 Å². The fraction of sp³-hybridized carbons (Fsp3) is 0.273. The third-order valence-electron chi connectivity index (χ3n) is 6.50. The van der Waals surface area contributed by atoms with Gasteiger partial charge >= 0.3 is 0 Å². The lowest BCUT2D eigenvalue weighted by atomic mass is 9.86. The van der Waals surface area contributed by atoms with E-state index in [-0.39, 0.29) is 0 Å². The molecule has 4 heteroatoms. The molecule has 0 spiro atoms. The molecule has 132 valence electrons. The quantitative estimate of drug-likeness (QED) is 0.491. The molecule has 0 amide bonds. The summed E-state index contributed by atoms with van der Waals surface area (Å²) in [7, 11) is 0. The Hall–Kier alpha value is -0.780. The molecule has 2 bridgehead atoms. The van der Waals surface area contributed by atoms with Crippen molar-refractivity contribution in [3.05, 3.63) is 83.7 Å². The van der Waals surface area contributed by atoms with Crippen molar-refractivity contribution in [2.75, 3.05) is 0 Å². The molecular formula is C22H22P2S2. The van der Waals surface area contributed by atoms with Gasteiger partial charge in [0.1, 0.15) is 0 Å². The Balaban J connectivity index is 1.73. The van der Waals surface area contributed by atoms with Gasteiger partial charge in [0, 0.05) is 28.9 Å². The summed E-state index contributed by atoms with van der Waals surface area (Å²) in [6.07, 6.45) is 2.52. The van der Waals surface area contributed by atoms with Crippen LogP contribution in [0.4, 0.5) is 0 Å². The van der Waals surface area contributed by atoms with E-state index in [1.165, 1.54) is 21.8 Å². The summed E-state index contributed by atoms with van der Waals surface area (Å²) in [6, 6.07) is 18.4. The average Bonchev–Trinajstić information content (AvgIpc) is 3.19. The van der Waals surface area contributed by atoms with Crippen LogP contribution in [0.3, 0.4) is 0 Å². The Morgan fingerprint density at radius 1 is 0.769 bits per heavy atom. The van der Waals surface area contributed by atoms with Gasteiger partial charge in [0.2, 0.25) is 0 Å². The van der Waals surface area contributed by atoms with Crippen LogP contribution in [0.5, 0.6) is 0 Å². The van der Waals surface area contributed by atoms with Crippen LogP contribution < -0.4 is 10.6 Å². The highest BCUT2D eigenvalue weighted by atomic mass is 32.4. The molecule has 6 atom stereocenters. The van der Waals surface area contributed by atoms with Crippen molar-refractivity contribution < 1.29 is 0 Å². The van der Waals surface area contributed by atoms with Crippen molar-refractivity contribution in [1.82, 2.24) is 0 Å². The van der Waals surface area contributed by atoms with Crippen molar-refractivity contribution in [3.63, 3.8) is 0 Å². The number of hydrogen-bond acceptors (Lipinski definition) is 2. The molecule has 0 radical (unpaired) electrons. The van der Waals surface area contributed by atoms with Crippen LogP contribution in [-0.2, 0) is 23.6 Å². The van der Waals surface area contributed by atoms with Crippen LogP contribution in [0.1, 0.15) is 13.8 Å². The van der Waals surface area contributed by atoms with Gasteiger partial charge in [-0.25, -0.2) is 0 Å². The average molecular weight is 413 g/mol. The van der Waals surface area contributed by atoms with Gasteiger partial charge in [-0.05, 0) is 36.3 Å². The molecule has 1 fully saturated rings. The Morgan fingerprint density at radius 3 is 1.96 bits per heavy atom. The highest BCUT2D eigenvalue weighted by Crippen LogP contribution is 2.81. The maximum absolute atomic E-state index is 6.58. The predicted octanol–water partition coefficient (Wildman–Crippen LogP) is 5.21. The zero-order valence-electron chi connectivity index (χ0n) is 14.9. The van der Waals surface area contributed by atoms with Crippen LogP contribution in [0.2, 0.25) is 0 Å². The normalized spacial score (nSPS) is 40.2. The first-order valence-corrected chi connectivity index (χ1v) is 15.0. The summed E-state index contributed by atoms with van der Waals surface area (Å²) in [4.78, 5) is 0. The van der Waals surface area contributed by atoms with Gasteiger partial charge in [-0.2, -0.15) is 0 Å². The molecule has 5 rings (SSSR count). The van der Waals surface area contributed by atoms with Crippen LogP contribution in [0.25, 0.3) is 0 Å². The summed E-state index contributed by atoms with van der Waals surface area (Å²) < 4.78 is 0. The Labute approximate surface area is 166 Å². The van der Waals surface area contributed by atoms with Crippen LogP contribution >= 0.6 is 12.1 Å². The van der Waals surface area contributed by atoms with Gasteiger partial charge < -0.3 is 0 Å². The number of allylic oxidation sites excluding steroid dienone is 3. The standard InChI is InChI=1S/C22H22P2S2/c1-15-13-19-20-16(2)14-23(25,17-9-5-3-6-10-17)22(20)21(15)24(19,26)18-11-7-4-8-12-18/h3-14,19-22H,1-2H3. The Bertz CT molecular complexity index is 1040. The zero-order chi connectivity index (χ0) is 18.1. The summed E-state index contributed by atoms with van der Waals surface area (Å²) >= 11 is 13.1. The first kappa shape index (κ1) is 17.3. The Morgan fingerprint density at radius 2 is 1.35 bits per heavy atom. The molecule has 0 aliphatic carbocycles. The molecule has 0 saturated carbocycles. The number of rotatable bonds is 2. The maximum atomic E-state index is 6.58. The topological polar surface area (TPSA) is 0 Å². The van der Waals surface area contributed by atoms with Gasteiger partial charge in [0.25, 0.3) is 0 Å². The van der Waals surface area contributed by atoms with E-state index in [1.54, 1.807) is 0 Å². The molecular weight excluding hydrogens is 390 g/mol. The highest BCUT2D eigenvalue weighted by Gasteiger charge is 2.64. The van der Waals surface area contributed by atoms with Gasteiger partial charge in [0.15, 0.2) is 0 Å². The maximum Gasteiger partial charge on any atom is 0.0218 e. The number of hydrogen-bond donors (Lipinski definition) is 0. The summed E-state index contributed by atoms with van der Waals surface area (Å²) in [5.41, 5.74) is 4.52. The molecule has 0 N–H and O–H groups in total. The van der Waals surface area contributed by atoms with Crippen molar-refractivity contribution in [2.24, 2.45) is 5.92 Å². The van der Waals surface area contributed by atoms with Crippen LogP contribution in [0, 0.1) is 5.92 Å². The molecule has 2 aromatic carbocycles. The van der Waals surface area contributed by atoms with Crippen LogP contribution in [-0.4, -0.2) is 17.0 Å². The molecule has 3 aliphatic rings. The monoisotopic (exact) mass is 412 g/mol. The van der Waals surface area contributed by atoms with E-state index in [9.17, 15) is 0 Å². The second-order valence-electron chi connectivity index (χ2n) is 7.83. The minimum atomic E-state index is -1.77. The predicted molar refractivity (Wildman–Crippen MR) is 123 cm³/mol. The molecule has 26 heavy (non-hydrogen) atoms. The second-order valence-corrected chi connectivity index (χ2v) is 17.3. The van der Waals surface area contributed by atoms with E-state index >= 15 is 0 Å². The minimum absolute atomic E-state index is 0.481. The van der Waals surface area contributed by atoms with Crippen molar-refractivity contribution in [3.8, 4) is 0 Å². The van der Waals surface area contributed by atoms with E-state index in [1.807, 2.05) is 0 Å². The molecule has 6 unspecified atom stereocenters. The number of fused-ring (bicyclic) bond motifs is 5. The van der Waals surface area contributed by atoms with E-state index in [4.69, 9.17) is 23.6 Å². The van der Waals surface area contributed by atoms with Gasteiger partial charge in [0.05, 0.1) is 0 Å². The van der Waals surface area contributed by atoms with Gasteiger partial charge in [-0.1, -0.05) is 101 Å². The molecule has 3 aliphatic heterocycles. The lowest BCUT2D eigenvalue weighted by Crippen LogP contribution is -2.31. The molecule has 1 saturated heterocycles. The molecule has 3 heterocycles. The molecule has 2 aromatic rings. The Kier molecular flexibility index (Phi) is 3.90. The number of benzene rings is 2. The summed E-state index contributed by atoms with van der Waals surface area (Å²) in [5.74, 6) is 3.05. The van der Waals surface area contributed by atoms with Gasteiger partial charge in [-0.3, -0.25) is 0 Å². The van der Waals surface area contributed by atoms with E-state index < -0.39 is 12.1 Å². The van der Waals surface area contributed by atoms with Crippen molar-refractivity contribution in [1.29, 1.82) is 0 Å². The molecule has 0 nitrogen and oxygen atoms in total.